The van der Waals surface area contributed by atoms with Crippen LogP contribution in [0.3, 0.4) is 0 Å². The summed E-state index contributed by atoms with van der Waals surface area (Å²) in [6, 6.07) is 14.9. The summed E-state index contributed by atoms with van der Waals surface area (Å²) in [7, 11) is 0. The smallest absolute Gasteiger partial charge is 0.147 e. The second-order valence-corrected chi connectivity index (χ2v) is 7.13. The van der Waals surface area contributed by atoms with Gasteiger partial charge in [-0.1, -0.05) is 59.6 Å². The Morgan fingerprint density at radius 1 is 0.833 bits per heavy atom. The lowest BCUT2D eigenvalue weighted by atomic mass is 9.74. The van der Waals surface area contributed by atoms with Crippen molar-refractivity contribution in [2.45, 2.75) is 12.1 Å². The van der Waals surface area contributed by atoms with Crippen LogP contribution in [0.5, 0.6) is 0 Å². The topological polar surface area (TPSA) is 38.3 Å². The molecule has 4 rings (SSSR count). The largest absolute Gasteiger partial charge is 0.380 e. The van der Waals surface area contributed by atoms with Crippen molar-refractivity contribution in [1.29, 1.82) is 0 Å². The van der Waals surface area contributed by atoms with Gasteiger partial charge in [-0.05, 0) is 23.3 Å². The molecule has 2 saturated heterocycles. The van der Waals surface area contributed by atoms with Crippen molar-refractivity contribution in [3.63, 3.8) is 0 Å². The zero-order chi connectivity index (χ0) is 16.7. The van der Waals surface area contributed by atoms with Gasteiger partial charge in [0.2, 0.25) is 0 Å². The SMILES string of the molecule is O=C1[C@H]2COC[C@H]1[C@@H](c1ccccc1Cl)N[C@@H]2c1ccccc1Cl. The molecule has 0 radical (unpaired) electrons. The number of piperidine rings is 1. The standard InChI is InChI=1S/C19H17Cl2NO2/c20-15-7-3-1-5-11(15)17-13-9-24-10-14(19(13)23)18(22-17)12-6-2-4-8-16(12)21/h1-8,13-14,17-18,22H,9-10H2/t13-,14-,17+,18+/m0/s1. The number of halogens is 2. The lowest BCUT2D eigenvalue weighted by Gasteiger charge is -2.45. The summed E-state index contributed by atoms with van der Waals surface area (Å²) in [5.74, 6) is -0.209. The predicted octanol–water partition coefficient (Wildman–Crippen LogP) is 4.21. The minimum Gasteiger partial charge on any atom is -0.380 e. The highest BCUT2D eigenvalue weighted by Crippen LogP contribution is 2.43. The van der Waals surface area contributed by atoms with Crippen molar-refractivity contribution >= 4 is 29.0 Å². The highest BCUT2D eigenvalue weighted by atomic mass is 35.5. The van der Waals surface area contributed by atoms with Gasteiger partial charge >= 0.3 is 0 Å². The monoisotopic (exact) mass is 361 g/mol. The lowest BCUT2D eigenvalue weighted by Crippen LogP contribution is -2.54. The molecular weight excluding hydrogens is 345 g/mol. The third kappa shape index (κ3) is 2.66. The number of carbonyl (C=O) groups is 1. The Morgan fingerprint density at radius 3 is 1.75 bits per heavy atom. The molecule has 0 amide bonds. The number of benzene rings is 2. The van der Waals surface area contributed by atoms with E-state index < -0.39 is 0 Å². The van der Waals surface area contributed by atoms with Gasteiger partial charge in [0.15, 0.2) is 0 Å². The average Bonchev–Trinajstić information content (AvgIpc) is 2.57. The van der Waals surface area contributed by atoms with Crippen LogP contribution in [0.15, 0.2) is 48.5 Å². The molecule has 2 aromatic carbocycles. The molecule has 2 aromatic rings. The summed E-state index contributed by atoms with van der Waals surface area (Å²) in [5, 5.41) is 4.94. The maximum absolute atomic E-state index is 13.0. The number of Topliss-reactive ketones (excluding diaryl/α,β-unsaturated/α-hetero) is 1. The van der Waals surface area contributed by atoms with Gasteiger partial charge in [-0.2, -0.15) is 0 Å². The summed E-state index contributed by atoms with van der Waals surface area (Å²) >= 11 is 12.8. The lowest BCUT2D eigenvalue weighted by molar-refractivity contribution is -0.146. The molecule has 4 atom stereocenters. The van der Waals surface area contributed by atoms with E-state index in [4.69, 9.17) is 27.9 Å². The fraction of sp³-hybridized carbons (Fsp3) is 0.316. The van der Waals surface area contributed by atoms with Gasteiger partial charge in [-0.25, -0.2) is 0 Å². The van der Waals surface area contributed by atoms with Crippen LogP contribution in [0.4, 0.5) is 0 Å². The first-order valence-electron chi connectivity index (χ1n) is 8.03. The Morgan fingerprint density at radius 2 is 1.29 bits per heavy atom. The van der Waals surface area contributed by atoms with E-state index in [-0.39, 0.29) is 29.7 Å². The quantitative estimate of drug-likeness (QED) is 0.870. The molecule has 24 heavy (non-hydrogen) atoms. The highest BCUT2D eigenvalue weighted by molar-refractivity contribution is 6.31. The summed E-state index contributed by atoms with van der Waals surface area (Å²) < 4.78 is 5.74. The van der Waals surface area contributed by atoms with E-state index in [1.165, 1.54) is 0 Å². The number of nitrogens with one attached hydrogen (secondary N) is 1. The van der Waals surface area contributed by atoms with E-state index in [0.717, 1.165) is 11.1 Å². The number of rotatable bonds is 2. The molecule has 0 aliphatic carbocycles. The van der Waals surface area contributed by atoms with Gasteiger partial charge < -0.3 is 10.1 Å². The molecule has 2 aliphatic rings. The number of fused-ring (bicyclic) bond motifs is 2. The molecule has 0 unspecified atom stereocenters. The first-order chi connectivity index (χ1) is 11.7. The Labute approximate surface area is 150 Å². The fourth-order valence-corrected chi connectivity index (χ4v) is 4.28. The molecule has 2 heterocycles. The molecule has 2 bridgehead atoms. The first-order valence-corrected chi connectivity index (χ1v) is 8.79. The third-order valence-electron chi connectivity index (χ3n) is 4.97. The Balaban J connectivity index is 1.78. The van der Waals surface area contributed by atoms with Crippen LogP contribution >= 0.6 is 23.2 Å². The molecule has 0 spiro atoms. The number of ketones is 1. The molecule has 1 N–H and O–H groups in total. The summed E-state index contributed by atoms with van der Waals surface area (Å²) in [5.41, 5.74) is 1.86. The summed E-state index contributed by atoms with van der Waals surface area (Å²) in [6.07, 6.45) is 0. The average molecular weight is 362 g/mol. The fourth-order valence-electron chi connectivity index (χ4n) is 3.78. The van der Waals surface area contributed by atoms with Gasteiger partial charge in [-0.3, -0.25) is 4.79 Å². The van der Waals surface area contributed by atoms with E-state index in [1.807, 2.05) is 48.5 Å². The van der Waals surface area contributed by atoms with E-state index >= 15 is 0 Å². The Hall–Kier alpha value is -1.39. The van der Waals surface area contributed by atoms with Gasteiger partial charge in [0, 0.05) is 22.1 Å². The second-order valence-electron chi connectivity index (χ2n) is 6.32. The minimum absolute atomic E-state index is 0.177. The molecular formula is C19H17Cl2NO2. The van der Waals surface area contributed by atoms with Crippen LogP contribution in [-0.2, 0) is 9.53 Å². The van der Waals surface area contributed by atoms with Gasteiger partial charge in [0.05, 0.1) is 25.0 Å². The minimum atomic E-state index is -0.220. The van der Waals surface area contributed by atoms with Gasteiger partial charge in [0.25, 0.3) is 0 Å². The summed E-state index contributed by atoms with van der Waals surface area (Å²) in [6.45, 7) is 0.848. The number of carbonyl (C=O) groups excluding carboxylic acids is 1. The normalized spacial score (nSPS) is 29.5. The van der Waals surface area contributed by atoms with Crippen molar-refractivity contribution in [2.75, 3.05) is 13.2 Å². The molecule has 0 saturated carbocycles. The van der Waals surface area contributed by atoms with Crippen LogP contribution in [-0.4, -0.2) is 19.0 Å². The molecule has 2 fully saturated rings. The third-order valence-corrected chi connectivity index (χ3v) is 5.66. The van der Waals surface area contributed by atoms with Crippen molar-refractivity contribution in [1.82, 2.24) is 5.32 Å². The van der Waals surface area contributed by atoms with Crippen LogP contribution < -0.4 is 5.32 Å². The molecule has 0 aromatic heterocycles. The van der Waals surface area contributed by atoms with Crippen molar-refractivity contribution in [2.24, 2.45) is 11.8 Å². The molecule has 3 nitrogen and oxygen atoms in total. The molecule has 2 aliphatic heterocycles. The van der Waals surface area contributed by atoms with Crippen molar-refractivity contribution in [3.05, 3.63) is 69.7 Å². The highest BCUT2D eigenvalue weighted by Gasteiger charge is 2.48. The van der Waals surface area contributed by atoms with Crippen LogP contribution in [0.2, 0.25) is 10.0 Å². The van der Waals surface area contributed by atoms with Gasteiger partial charge in [0.1, 0.15) is 5.78 Å². The van der Waals surface area contributed by atoms with Gasteiger partial charge in [-0.15, -0.1) is 0 Å². The van der Waals surface area contributed by atoms with E-state index in [2.05, 4.69) is 5.32 Å². The Kier molecular flexibility index (Phi) is 4.35. The van der Waals surface area contributed by atoms with E-state index in [9.17, 15) is 4.79 Å². The maximum atomic E-state index is 13.0. The number of hydrogen-bond donors (Lipinski definition) is 1. The predicted molar refractivity (Wildman–Crippen MR) is 94.3 cm³/mol. The molecule has 124 valence electrons. The van der Waals surface area contributed by atoms with Crippen molar-refractivity contribution in [3.8, 4) is 0 Å². The molecule has 5 heteroatoms. The summed E-state index contributed by atoms with van der Waals surface area (Å²) in [4.78, 5) is 13.0. The van der Waals surface area contributed by atoms with Crippen molar-refractivity contribution < 1.29 is 9.53 Å². The number of hydrogen-bond acceptors (Lipinski definition) is 3. The number of ether oxygens (including phenoxy) is 1. The first kappa shape index (κ1) is 16.1. The maximum Gasteiger partial charge on any atom is 0.147 e. The van der Waals surface area contributed by atoms with Crippen LogP contribution in [0.25, 0.3) is 0 Å². The van der Waals surface area contributed by atoms with E-state index in [1.54, 1.807) is 0 Å². The van der Waals surface area contributed by atoms with Crippen LogP contribution in [0.1, 0.15) is 23.2 Å². The van der Waals surface area contributed by atoms with Crippen LogP contribution in [0, 0.1) is 11.8 Å². The second kappa shape index (κ2) is 6.49. The zero-order valence-electron chi connectivity index (χ0n) is 12.9. The van der Waals surface area contributed by atoms with E-state index in [0.29, 0.717) is 23.3 Å². The zero-order valence-corrected chi connectivity index (χ0v) is 14.4. The Bertz CT molecular complexity index is 718.